The minimum atomic E-state index is -0.240. The highest BCUT2D eigenvalue weighted by atomic mass is 19.1. The molecule has 53 valence electrons. The smallest absolute Gasteiger partial charge is 0.0910 e. The highest BCUT2D eigenvalue weighted by Gasteiger charge is 2.11. The van der Waals surface area contributed by atoms with E-state index in [-0.39, 0.29) is 12.7 Å². The Kier molecular flexibility index (Phi) is 2.94. The van der Waals surface area contributed by atoms with E-state index >= 15 is 0 Å². The van der Waals surface area contributed by atoms with Crippen LogP contribution in [0.15, 0.2) is 0 Å². The van der Waals surface area contributed by atoms with E-state index in [1.807, 2.05) is 0 Å². The van der Waals surface area contributed by atoms with Crippen LogP contribution in [0.3, 0.4) is 0 Å². The Morgan fingerprint density at radius 1 is 1.67 bits per heavy atom. The molecule has 1 radical (unpaired) electrons. The number of rotatable bonds is 2. The van der Waals surface area contributed by atoms with Crippen molar-refractivity contribution in [3.63, 3.8) is 0 Å². The van der Waals surface area contributed by atoms with E-state index in [0.29, 0.717) is 6.42 Å². The fourth-order valence-corrected chi connectivity index (χ4v) is 0.979. The summed E-state index contributed by atoms with van der Waals surface area (Å²) in [6, 6.07) is 0.240. The molecule has 0 aromatic carbocycles. The maximum absolute atomic E-state index is 11.7. The third-order valence-electron chi connectivity index (χ3n) is 1.50. The molecule has 3 heteroatoms. The molecule has 1 heterocycles. The number of hydrogen-bond acceptors (Lipinski definition) is 1. The lowest BCUT2D eigenvalue weighted by Gasteiger charge is -2.21. The SMILES string of the molecule is FCCC1CNCC[N]1. The number of nitrogens with zero attached hydrogens (tertiary/aromatic N) is 1. The second-order valence-electron chi connectivity index (χ2n) is 2.24. The highest BCUT2D eigenvalue weighted by Crippen LogP contribution is 1.95. The molecule has 2 nitrogen and oxygen atoms in total. The second-order valence-corrected chi connectivity index (χ2v) is 2.24. The third kappa shape index (κ3) is 2.28. The zero-order valence-electron chi connectivity index (χ0n) is 5.44. The van der Waals surface area contributed by atoms with Gasteiger partial charge in [0.1, 0.15) is 0 Å². The van der Waals surface area contributed by atoms with Gasteiger partial charge in [-0.15, -0.1) is 0 Å². The molecule has 0 spiro atoms. The lowest BCUT2D eigenvalue weighted by molar-refractivity contribution is 0.348. The van der Waals surface area contributed by atoms with E-state index in [1.54, 1.807) is 0 Å². The van der Waals surface area contributed by atoms with Crippen molar-refractivity contribution in [1.82, 2.24) is 10.6 Å². The van der Waals surface area contributed by atoms with Crippen molar-refractivity contribution in [3.05, 3.63) is 0 Å². The van der Waals surface area contributed by atoms with Gasteiger partial charge in [-0.25, -0.2) is 5.32 Å². The van der Waals surface area contributed by atoms with E-state index in [1.165, 1.54) is 0 Å². The van der Waals surface area contributed by atoms with Crippen LogP contribution in [0.2, 0.25) is 0 Å². The normalized spacial score (nSPS) is 28.3. The molecular weight excluding hydrogens is 119 g/mol. The molecule has 1 fully saturated rings. The summed E-state index contributed by atoms with van der Waals surface area (Å²) in [4.78, 5) is 0. The molecule has 1 unspecified atom stereocenters. The number of hydrogen-bond donors (Lipinski definition) is 1. The van der Waals surface area contributed by atoms with Crippen molar-refractivity contribution in [2.45, 2.75) is 12.5 Å². The Bertz CT molecular complexity index is 68.7. The number of alkyl halides is 1. The molecule has 0 aliphatic carbocycles. The molecule has 0 amide bonds. The average Bonchev–Trinajstić information content (AvgIpc) is 1.91. The van der Waals surface area contributed by atoms with Crippen LogP contribution in [-0.2, 0) is 0 Å². The number of halogens is 1. The zero-order chi connectivity index (χ0) is 6.53. The number of nitrogens with one attached hydrogen (secondary N) is 1. The Morgan fingerprint density at radius 2 is 2.56 bits per heavy atom. The van der Waals surface area contributed by atoms with Crippen LogP contribution in [0, 0.1) is 0 Å². The second kappa shape index (κ2) is 3.80. The summed E-state index contributed by atoms with van der Waals surface area (Å²) in [5, 5.41) is 7.38. The van der Waals surface area contributed by atoms with Gasteiger partial charge in [0.2, 0.25) is 0 Å². The first kappa shape index (κ1) is 6.96. The van der Waals surface area contributed by atoms with Crippen LogP contribution in [0.4, 0.5) is 4.39 Å². The molecule has 0 saturated carbocycles. The van der Waals surface area contributed by atoms with Crippen molar-refractivity contribution in [3.8, 4) is 0 Å². The molecule has 1 aliphatic heterocycles. The topological polar surface area (TPSA) is 26.1 Å². The molecule has 9 heavy (non-hydrogen) atoms. The number of piperazine rings is 1. The summed E-state index contributed by atoms with van der Waals surface area (Å²) in [6.07, 6.45) is 0.590. The highest BCUT2D eigenvalue weighted by molar-refractivity contribution is 4.73. The summed E-state index contributed by atoms with van der Waals surface area (Å²) in [6.45, 7) is 2.44. The monoisotopic (exact) mass is 131 g/mol. The summed E-state index contributed by atoms with van der Waals surface area (Å²) in [5.74, 6) is 0. The predicted molar refractivity (Wildman–Crippen MR) is 34.3 cm³/mol. The summed E-state index contributed by atoms with van der Waals surface area (Å²) >= 11 is 0. The Balaban J connectivity index is 2.08. The Hall–Kier alpha value is -0.150. The Morgan fingerprint density at radius 3 is 3.11 bits per heavy atom. The molecule has 0 aromatic rings. The molecular formula is C6H12FN2. The zero-order valence-corrected chi connectivity index (χ0v) is 5.44. The van der Waals surface area contributed by atoms with E-state index in [4.69, 9.17) is 0 Å². The van der Waals surface area contributed by atoms with Gasteiger partial charge in [0.25, 0.3) is 0 Å². The van der Waals surface area contributed by atoms with Crippen molar-refractivity contribution >= 4 is 0 Å². The van der Waals surface area contributed by atoms with Crippen LogP contribution in [0.1, 0.15) is 6.42 Å². The van der Waals surface area contributed by atoms with Gasteiger partial charge >= 0.3 is 0 Å². The fraction of sp³-hybridized carbons (Fsp3) is 1.00. The van der Waals surface area contributed by atoms with Gasteiger partial charge in [-0.3, -0.25) is 4.39 Å². The molecule has 1 N–H and O–H groups in total. The molecule has 1 saturated heterocycles. The first-order valence-electron chi connectivity index (χ1n) is 3.37. The van der Waals surface area contributed by atoms with Gasteiger partial charge in [-0.1, -0.05) is 0 Å². The summed E-state index contributed by atoms with van der Waals surface area (Å²) in [7, 11) is 0. The largest absolute Gasteiger partial charge is 0.314 e. The summed E-state index contributed by atoms with van der Waals surface area (Å²) < 4.78 is 11.7. The standard InChI is InChI=1S/C6H12FN2/c7-2-1-6-5-8-3-4-9-6/h6,8H,1-5H2. The maximum Gasteiger partial charge on any atom is 0.0910 e. The molecule has 0 bridgehead atoms. The minimum Gasteiger partial charge on any atom is -0.314 e. The fourth-order valence-electron chi connectivity index (χ4n) is 0.979. The van der Waals surface area contributed by atoms with Crippen LogP contribution >= 0.6 is 0 Å². The van der Waals surface area contributed by atoms with Crippen LogP contribution in [-0.4, -0.2) is 32.4 Å². The van der Waals surface area contributed by atoms with Gasteiger partial charge in [-0.2, -0.15) is 0 Å². The molecule has 1 rings (SSSR count). The average molecular weight is 131 g/mol. The first-order valence-corrected chi connectivity index (χ1v) is 3.37. The van der Waals surface area contributed by atoms with Gasteiger partial charge in [0.05, 0.1) is 6.67 Å². The van der Waals surface area contributed by atoms with E-state index in [9.17, 15) is 4.39 Å². The predicted octanol–water partition coefficient (Wildman–Crippen LogP) is -0.0778. The third-order valence-corrected chi connectivity index (χ3v) is 1.50. The lowest BCUT2D eigenvalue weighted by Crippen LogP contribution is -2.44. The van der Waals surface area contributed by atoms with Gasteiger partial charge < -0.3 is 5.32 Å². The summed E-state index contributed by atoms with van der Waals surface area (Å²) in [5.41, 5.74) is 0. The van der Waals surface area contributed by atoms with Crippen LogP contribution in [0.25, 0.3) is 0 Å². The van der Waals surface area contributed by atoms with Gasteiger partial charge in [0, 0.05) is 25.7 Å². The van der Waals surface area contributed by atoms with Crippen molar-refractivity contribution in [2.75, 3.05) is 26.3 Å². The van der Waals surface area contributed by atoms with E-state index < -0.39 is 0 Å². The molecule has 1 atom stereocenters. The van der Waals surface area contributed by atoms with Gasteiger partial charge in [0.15, 0.2) is 0 Å². The van der Waals surface area contributed by atoms with Crippen molar-refractivity contribution in [1.29, 1.82) is 0 Å². The van der Waals surface area contributed by atoms with Crippen molar-refractivity contribution < 1.29 is 4.39 Å². The van der Waals surface area contributed by atoms with Crippen molar-refractivity contribution in [2.24, 2.45) is 0 Å². The maximum atomic E-state index is 11.7. The first-order chi connectivity index (χ1) is 4.43. The lowest BCUT2D eigenvalue weighted by atomic mass is 10.2. The Labute approximate surface area is 54.8 Å². The minimum absolute atomic E-state index is 0.240. The molecule has 1 aliphatic rings. The quantitative estimate of drug-likeness (QED) is 0.557. The van der Waals surface area contributed by atoms with Crippen LogP contribution < -0.4 is 10.6 Å². The van der Waals surface area contributed by atoms with E-state index in [2.05, 4.69) is 10.6 Å². The van der Waals surface area contributed by atoms with Gasteiger partial charge in [-0.05, 0) is 6.42 Å². The van der Waals surface area contributed by atoms with E-state index in [0.717, 1.165) is 19.6 Å². The molecule has 0 aromatic heterocycles. The van der Waals surface area contributed by atoms with Crippen LogP contribution in [0.5, 0.6) is 0 Å².